The first-order valence-electron chi connectivity index (χ1n) is 5.10. The summed E-state index contributed by atoms with van der Waals surface area (Å²) in [6.07, 6.45) is 1.76. The van der Waals surface area contributed by atoms with Gasteiger partial charge < -0.3 is 14.2 Å². The second-order valence-corrected chi connectivity index (χ2v) is 4.96. The highest BCUT2D eigenvalue weighted by atomic mass is 35.5. The number of hydrogen-bond donors (Lipinski definition) is 0. The second-order valence-electron chi connectivity index (χ2n) is 3.32. The maximum absolute atomic E-state index is 12.2. The molecule has 0 aliphatic rings. The van der Waals surface area contributed by atoms with E-state index in [0.717, 1.165) is 0 Å². The highest BCUT2D eigenvalue weighted by Crippen LogP contribution is 2.36. The van der Waals surface area contributed by atoms with Crippen molar-refractivity contribution >= 4 is 29.1 Å². The van der Waals surface area contributed by atoms with E-state index in [1.807, 2.05) is 0 Å². The van der Waals surface area contributed by atoms with Gasteiger partial charge in [0.1, 0.15) is 27.5 Å². The molecule has 1 unspecified atom stereocenters. The molecule has 4 nitrogen and oxygen atoms in total. The molecular formula is C12H15ClO4S. The Hall–Kier alpha value is -1.07. The van der Waals surface area contributed by atoms with Crippen molar-refractivity contribution in [2.24, 2.45) is 0 Å². The summed E-state index contributed by atoms with van der Waals surface area (Å²) in [5, 5.41) is 0. The fourth-order valence-electron chi connectivity index (χ4n) is 1.47. The van der Waals surface area contributed by atoms with Gasteiger partial charge in [-0.2, -0.15) is 0 Å². The minimum Gasteiger partial charge on any atom is -0.496 e. The fraction of sp³-hybridized carbons (Fsp3) is 0.417. The first-order chi connectivity index (χ1) is 8.58. The minimum atomic E-state index is -0.679. The first kappa shape index (κ1) is 15.0. The SMILES string of the molecule is COc1cc(OC)c(C(=O)C(Cl)SC)c(OC)c1. The molecule has 0 saturated heterocycles. The number of rotatable bonds is 6. The third-order valence-corrected chi connectivity index (χ3v) is 3.74. The molecule has 0 radical (unpaired) electrons. The van der Waals surface area contributed by atoms with Crippen molar-refractivity contribution in [2.45, 2.75) is 4.71 Å². The van der Waals surface area contributed by atoms with Crippen LogP contribution in [0.15, 0.2) is 12.1 Å². The van der Waals surface area contributed by atoms with Gasteiger partial charge >= 0.3 is 0 Å². The zero-order chi connectivity index (χ0) is 13.7. The average molecular weight is 291 g/mol. The molecule has 18 heavy (non-hydrogen) atoms. The third kappa shape index (κ3) is 3.03. The van der Waals surface area contributed by atoms with Gasteiger partial charge in [0.2, 0.25) is 0 Å². The van der Waals surface area contributed by atoms with Gasteiger partial charge in [-0.15, -0.1) is 23.4 Å². The van der Waals surface area contributed by atoms with Crippen LogP contribution in [0, 0.1) is 0 Å². The van der Waals surface area contributed by atoms with Crippen molar-refractivity contribution < 1.29 is 19.0 Å². The molecule has 6 heteroatoms. The lowest BCUT2D eigenvalue weighted by molar-refractivity contribution is 0.100. The van der Waals surface area contributed by atoms with E-state index in [9.17, 15) is 4.79 Å². The number of thioether (sulfide) groups is 1. The van der Waals surface area contributed by atoms with E-state index in [-0.39, 0.29) is 5.78 Å². The van der Waals surface area contributed by atoms with Gasteiger partial charge in [0, 0.05) is 12.1 Å². The standard InChI is InChI=1S/C12H15ClO4S/c1-15-7-5-8(16-2)10(9(6-7)17-3)11(14)12(13)18-4/h5-6,12H,1-4H3. The van der Waals surface area contributed by atoms with Crippen molar-refractivity contribution in [3.05, 3.63) is 17.7 Å². The Kier molecular flexibility index (Phi) is 5.62. The Morgan fingerprint density at radius 2 is 1.67 bits per heavy atom. The van der Waals surface area contributed by atoms with Gasteiger partial charge in [0.05, 0.1) is 21.3 Å². The molecule has 0 heterocycles. The normalized spacial score (nSPS) is 11.8. The summed E-state index contributed by atoms with van der Waals surface area (Å²) in [5.74, 6) is 1.07. The molecule has 1 rings (SSSR count). The molecule has 0 aromatic heterocycles. The molecule has 1 atom stereocenters. The lowest BCUT2D eigenvalue weighted by atomic mass is 10.1. The van der Waals surface area contributed by atoms with Crippen LogP contribution < -0.4 is 14.2 Å². The molecule has 0 amide bonds. The number of ether oxygens (including phenoxy) is 3. The number of carbonyl (C=O) groups is 1. The van der Waals surface area contributed by atoms with Gasteiger partial charge in [-0.3, -0.25) is 4.79 Å². The molecule has 0 aliphatic carbocycles. The number of carbonyl (C=O) groups excluding carboxylic acids is 1. The zero-order valence-corrected chi connectivity index (χ0v) is 12.2. The Morgan fingerprint density at radius 1 is 1.17 bits per heavy atom. The number of Topliss-reactive ketones (excluding diaryl/α,β-unsaturated/α-hetero) is 1. The number of methoxy groups -OCH3 is 3. The van der Waals surface area contributed by atoms with Gasteiger partial charge in [-0.1, -0.05) is 0 Å². The predicted molar refractivity (Wildman–Crippen MR) is 73.6 cm³/mol. The number of benzene rings is 1. The molecule has 100 valence electrons. The molecular weight excluding hydrogens is 276 g/mol. The number of alkyl halides is 1. The topological polar surface area (TPSA) is 44.8 Å². The summed E-state index contributed by atoms with van der Waals surface area (Å²) < 4.78 is 14.8. The van der Waals surface area contributed by atoms with Crippen LogP contribution in [-0.4, -0.2) is 38.1 Å². The van der Waals surface area contributed by atoms with E-state index in [4.69, 9.17) is 25.8 Å². The highest BCUT2D eigenvalue weighted by Gasteiger charge is 2.25. The lowest BCUT2D eigenvalue weighted by Gasteiger charge is -2.15. The Morgan fingerprint density at radius 3 is 2.00 bits per heavy atom. The van der Waals surface area contributed by atoms with E-state index >= 15 is 0 Å². The van der Waals surface area contributed by atoms with Crippen molar-refractivity contribution in [1.29, 1.82) is 0 Å². The van der Waals surface area contributed by atoms with Crippen molar-refractivity contribution in [2.75, 3.05) is 27.6 Å². The Balaban J connectivity index is 3.35. The first-order valence-corrected chi connectivity index (χ1v) is 6.82. The van der Waals surface area contributed by atoms with E-state index < -0.39 is 4.71 Å². The molecule has 0 saturated carbocycles. The van der Waals surface area contributed by atoms with Gasteiger partial charge in [0.25, 0.3) is 0 Å². The third-order valence-electron chi connectivity index (χ3n) is 2.37. The van der Waals surface area contributed by atoms with Crippen LogP contribution in [0.4, 0.5) is 0 Å². The molecule has 0 bridgehead atoms. The second kappa shape index (κ2) is 6.75. The monoisotopic (exact) mass is 290 g/mol. The Bertz CT molecular complexity index is 411. The predicted octanol–water partition coefficient (Wildman–Crippen LogP) is 2.82. The largest absolute Gasteiger partial charge is 0.496 e. The van der Waals surface area contributed by atoms with Gasteiger partial charge in [-0.25, -0.2) is 0 Å². The van der Waals surface area contributed by atoms with Crippen LogP contribution in [0.3, 0.4) is 0 Å². The summed E-state index contributed by atoms with van der Waals surface area (Å²) in [4.78, 5) is 12.2. The smallest absolute Gasteiger partial charge is 0.198 e. The molecule has 1 aromatic carbocycles. The van der Waals surface area contributed by atoms with Crippen LogP contribution in [0.25, 0.3) is 0 Å². The maximum Gasteiger partial charge on any atom is 0.198 e. The van der Waals surface area contributed by atoms with Crippen molar-refractivity contribution in [1.82, 2.24) is 0 Å². The van der Waals surface area contributed by atoms with Crippen LogP contribution in [0.1, 0.15) is 10.4 Å². The van der Waals surface area contributed by atoms with E-state index in [1.54, 1.807) is 18.4 Å². The van der Waals surface area contributed by atoms with Crippen LogP contribution in [0.2, 0.25) is 0 Å². The maximum atomic E-state index is 12.2. The summed E-state index contributed by atoms with van der Waals surface area (Å²) in [6, 6.07) is 3.25. The minimum absolute atomic E-state index is 0.250. The molecule has 1 aromatic rings. The zero-order valence-electron chi connectivity index (χ0n) is 10.7. The number of halogens is 1. The fourth-order valence-corrected chi connectivity index (χ4v) is 1.91. The quantitative estimate of drug-likeness (QED) is 0.595. The summed E-state index contributed by atoms with van der Waals surface area (Å²) >= 11 is 7.20. The van der Waals surface area contributed by atoms with Crippen LogP contribution in [-0.2, 0) is 0 Å². The van der Waals surface area contributed by atoms with E-state index in [2.05, 4.69) is 0 Å². The summed E-state index contributed by atoms with van der Waals surface area (Å²) in [7, 11) is 4.49. The van der Waals surface area contributed by atoms with Gasteiger partial charge in [0.15, 0.2) is 5.78 Å². The number of ketones is 1. The highest BCUT2D eigenvalue weighted by molar-refractivity contribution is 8.01. The molecule has 0 fully saturated rings. The Labute approximate surface area is 116 Å². The molecule has 0 aliphatic heterocycles. The van der Waals surface area contributed by atoms with Crippen LogP contribution >= 0.6 is 23.4 Å². The van der Waals surface area contributed by atoms with E-state index in [1.165, 1.54) is 33.1 Å². The van der Waals surface area contributed by atoms with E-state index in [0.29, 0.717) is 22.8 Å². The van der Waals surface area contributed by atoms with Crippen molar-refractivity contribution in [3.63, 3.8) is 0 Å². The number of hydrogen-bond acceptors (Lipinski definition) is 5. The average Bonchev–Trinajstić information content (AvgIpc) is 2.43. The lowest BCUT2D eigenvalue weighted by Crippen LogP contribution is -2.13. The summed E-state index contributed by atoms with van der Waals surface area (Å²) in [5.41, 5.74) is 0.329. The summed E-state index contributed by atoms with van der Waals surface area (Å²) in [6.45, 7) is 0. The van der Waals surface area contributed by atoms with Gasteiger partial charge in [-0.05, 0) is 6.26 Å². The molecule has 0 spiro atoms. The van der Waals surface area contributed by atoms with Crippen molar-refractivity contribution in [3.8, 4) is 17.2 Å². The molecule has 0 N–H and O–H groups in total. The van der Waals surface area contributed by atoms with Crippen LogP contribution in [0.5, 0.6) is 17.2 Å².